The van der Waals surface area contributed by atoms with Crippen molar-refractivity contribution in [1.29, 1.82) is 0 Å². The first-order chi connectivity index (χ1) is 14.1. The van der Waals surface area contributed by atoms with Gasteiger partial charge in [0.2, 0.25) is 5.91 Å². The minimum Gasteiger partial charge on any atom is -0.484 e. The Morgan fingerprint density at radius 1 is 1.24 bits per heavy atom. The first-order valence-corrected chi connectivity index (χ1v) is 10.3. The van der Waals surface area contributed by atoms with Gasteiger partial charge in [-0.05, 0) is 30.7 Å². The highest BCUT2D eigenvalue weighted by Gasteiger charge is 2.15. The van der Waals surface area contributed by atoms with Crippen LogP contribution in [0.2, 0.25) is 5.02 Å². The second-order valence-corrected chi connectivity index (χ2v) is 7.52. The van der Waals surface area contributed by atoms with E-state index >= 15 is 0 Å². The standard InChI is InChI=1S/C21H21ClN4O2S/c1-3-12-26-19(13-28-18-11-7-5-9-16(18)22)24-25-21(26)29-14-20(27)23-17-10-6-4-8-15(17)2/h3-11H,1,12-14H2,2H3,(H,23,27). The van der Waals surface area contributed by atoms with Crippen molar-refractivity contribution in [1.82, 2.24) is 14.8 Å². The predicted molar refractivity (Wildman–Crippen MR) is 117 cm³/mol. The molecule has 29 heavy (non-hydrogen) atoms. The molecule has 0 fully saturated rings. The van der Waals surface area contributed by atoms with Crippen LogP contribution in [-0.2, 0) is 17.9 Å². The Hall–Kier alpha value is -2.77. The van der Waals surface area contributed by atoms with Gasteiger partial charge in [0.05, 0.1) is 10.8 Å². The summed E-state index contributed by atoms with van der Waals surface area (Å²) in [5.41, 5.74) is 1.82. The van der Waals surface area contributed by atoms with Crippen molar-refractivity contribution < 1.29 is 9.53 Å². The van der Waals surface area contributed by atoms with Crippen LogP contribution in [0, 0.1) is 6.92 Å². The molecule has 3 rings (SSSR count). The lowest BCUT2D eigenvalue weighted by atomic mass is 10.2. The van der Waals surface area contributed by atoms with Gasteiger partial charge >= 0.3 is 0 Å². The van der Waals surface area contributed by atoms with Crippen LogP contribution in [0.1, 0.15) is 11.4 Å². The van der Waals surface area contributed by atoms with Crippen LogP contribution in [-0.4, -0.2) is 26.4 Å². The molecule has 0 atom stereocenters. The van der Waals surface area contributed by atoms with E-state index in [2.05, 4.69) is 22.1 Å². The second kappa shape index (κ2) is 10.1. The van der Waals surface area contributed by atoms with Crippen LogP contribution in [0.15, 0.2) is 66.3 Å². The van der Waals surface area contributed by atoms with E-state index < -0.39 is 0 Å². The van der Waals surface area contributed by atoms with Gasteiger partial charge in [0.15, 0.2) is 11.0 Å². The van der Waals surface area contributed by atoms with Gasteiger partial charge in [-0.2, -0.15) is 0 Å². The number of aryl methyl sites for hydroxylation is 1. The molecule has 0 unspecified atom stereocenters. The van der Waals surface area contributed by atoms with Gasteiger partial charge in [0.1, 0.15) is 12.4 Å². The lowest BCUT2D eigenvalue weighted by Gasteiger charge is -2.10. The molecule has 0 saturated heterocycles. The van der Waals surface area contributed by atoms with Gasteiger partial charge in [-0.1, -0.05) is 59.8 Å². The molecule has 0 spiro atoms. The molecule has 1 aromatic heterocycles. The lowest BCUT2D eigenvalue weighted by molar-refractivity contribution is -0.113. The number of ether oxygens (including phenoxy) is 1. The van der Waals surface area contributed by atoms with E-state index in [1.165, 1.54) is 11.8 Å². The fraction of sp³-hybridized carbons (Fsp3) is 0.190. The fourth-order valence-corrected chi connectivity index (χ4v) is 3.54. The highest BCUT2D eigenvalue weighted by Crippen LogP contribution is 2.25. The van der Waals surface area contributed by atoms with E-state index in [0.29, 0.717) is 28.3 Å². The molecule has 2 aromatic carbocycles. The van der Waals surface area contributed by atoms with Gasteiger partial charge in [-0.25, -0.2) is 0 Å². The summed E-state index contributed by atoms with van der Waals surface area (Å²) < 4.78 is 7.63. The summed E-state index contributed by atoms with van der Waals surface area (Å²) in [7, 11) is 0. The third-order valence-electron chi connectivity index (χ3n) is 4.05. The summed E-state index contributed by atoms with van der Waals surface area (Å²) in [4.78, 5) is 12.3. The fourth-order valence-electron chi connectivity index (χ4n) is 2.58. The predicted octanol–water partition coefficient (Wildman–Crippen LogP) is 4.74. The Morgan fingerprint density at radius 3 is 2.76 bits per heavy atom. The Morgan fingerprint density at radius 2 is 2.00 bits per heavy atom. The van der Waals surface area contributed by atoms with Crippen LogP contribution < -0.4 is 10.1 Å². The minimum absolute atomic E-state index is 0.105. The van der Waals surface area contributed by atoms with Gasteiger partial charge < -0.3 is 10.1 Å². The van der Waals surface area contributed by atoms with Crippen molar-refractivity contribution in [2.45, 2.75) is 25.2 Å². The van der Waals surface area contributed by atoms with E-state index in [1.54, 1.807) is 18.2 Å². The van der Waals surface area contributed by atoms with E-state index in [4.69, 9.17) is 16.3 Å². The first-order valence-electron chi connectivity index (χ1n) is 8.97. The molecule has 8 heteroatoms. The molecule has 0 aliphatic rings. The van der Waals surface area contributed by atoms with Gasteiger partial charge in [0.25, 0.3) is 0 Å². The molecule has 0 aliphatic carbocycles. The first kappa shape index (κ1) is 21.0. The topological polar surface area (TPSA) is 69.0 Å². The molecular formula is C21H21ClN4O2S. The molecule has 0 aliphatic heterocycles. The van der Waals surface area contributed by atoms with Crippen molar-refractivity contribution in [2.24, 2.45) is 0 Å². The number of rotatable bonds is 9. The van der Waals surface area contributed by atoms with E-state index in [1.807, 2.05) is 47.9 Å². The van der Waals surface area contributed by atoms with E-state index in [0.717, 1.165) is 11.3 Å². The molecule has 0 saturated carbocycles. The highest BCUT2D eigenvalue weighted by atomic mass is 35.5. The zero-order chi connectivity index (χ0) is 20.6. The molecule has 1 N–H and O–H groups in total. The molecule has 0 bridgehead atoms. The number of aromatic nitrogens is 3. The Balaban J connectivity index is 1.63. The number of nitrogens with zero attached hydrogens (tertiary/aromatic N) is 3. The van der Waals surface area contributed by atoms with Crippen molar-refractivity contribution in [3.63, 3.8) is 0 Å². The number of amides is 1. The summed E-state index contributed by atoms with van der Waals surface area (Å²) >= 11 is 7.44. The normalized spacial score (nSPS) is 10.6. The molecule has 3 aromatic rings. The van der Waals surface area contributed by atoms with Crippen LogP contribution in [0.4, 0.5) is 5.69 Å². The van der Waals surface area contributed by atoms with Crippen molar-refractivity contribution >= 4 is 35.0 Å². The van der Waals surface area contributed by atoms with Crippen LogP contribution >= 0.6 is 23.4 Å². The maximum atomic E-state index is 12.3. The Kier molecular flexibility index (Phi) is 7.32. The molecule has 6 nitrogen and oxygen atoms in total. The van der Waals surface area contributed by atoms with Gasteiger partial charge in [0, 0.05) is 12.2 Å². The highest BCUT2D eigenvalue weighted by molar-refractivity contribution is 7.99. The number of anilines is 1. The van der Waals surface area contributed by atoms with E-state index in [-0.39, 0.29) is 18.3 Å². The number of hydrogen-bond donors (Lipinski definition) is 1. The largest absolute Gasteiger partial charge is 0.484 e. The number of carbonyl (C=O) groups excluding carboxylic acids is 1. The molecule has 1 heterocycles. The van der Waals surface area contributed by atoms with Crippen LogP contribution in [0.25, 0.3) is 0 Å². The van der Waals surface area contributed by atoms with Crippen molar-refractivity contribution in [2.75, 3.05) is 11.1 Å². The number of carbonyl (C=O) groups is 1. The van der Waals surface area contributed by atoms with Gasteiger partial charge in [-0.3, -0.25) is 9.36 Å². The lowest BCUT2D eigenvalue weighted by Crippen LogP contribution is -2.15. The van der Waals surface area contributed by atoms with Crippen molar-refractivity contribution in [3.05, 3.63) is 77.6 Å². The third-order valence-corrected chi connectivity index (χ3v) is 5.33. The van der Waals surface area contributed by atoms with Crippen LogP contribution in [0.5, 0.6) is 5.75 Å². The average molecular weight is 429 g/mol. The second-order valence-electron chi connectivity index (χ2n) is 6.17. The molecule has 150 valence electrons. The number of hydrogen-bond acceptors (Lipinski definition) is 5. The number of benzene rings is 2. The average Bonchev–Trinajstić information content (AvgIpc) is 3.09. The zero-order valence-corrected chi connectivity index (χ0v) is 17.5. The van der Waals surface area contributed by atoms with E-state index in [9.17, 15) is 4.79 Å². The van der Waals surface area contributed by atoms with Gasteiger partial charge in [-0.15, -0.1) is 16.8 Å². The number of nitrogens with one attached hydrogen (secondary N) is 1. The maximum Gasteiger partial charge on any atom is 0.234 e. The Labute approximate surface area is 178 Å². The third kappa shape index (κ3) is 5.62. The Bertz CT molecular complexity index is 1010. The smallest absolute Gasteiger partial charge is 0.234 e. The molecular weight excluding hydrogens is 408 g/mol. The minimum atomic E-state index is -0.105. The summed E-state index contributed by atoms with van der Waals surface area (Å²) in [5.74, 6) is 1.32. The molecule has 1 amide bonds. The number of para-hydroxylation sites is 2. The summed E-state index contributed by atoms with van der Waals surface area (Å²) in [6.45, 7) is 6.46. The van der Waals surface area contributed by atoms with Crippen LogP contribution in [0.3, 0.4) is 0 Å². The maximum absolute atomic E-state index is 12.3. The summed E-state index contributed by atoms with van der Waals surface area (Å²) in [5, 5.41) is 12.5. The summed E-state index contributed by atoms with van der Waals surface area (Å²) in [6, 6.07) is 14.9. The van der Waals surface area contributed by atoms with Crippen molar-refractivity contribution in [3.8, 4) is 5.75 Å². The number of halogens is 1. The zero-order valence-electron chi connectivity index (χ0n) is 16.0. The number of thioether (sulfide) groups is 1. The summed E-state index contributed by atoms with van der Waals surface area (Å²) in [6.07, 6.45) is 1.75. The molecule has 0 radical (unpaired) electrons. The SMILES string of the molecule is C=CCn1c(COc2ccccc2Cl)nnc1SCC(=O)Nc1ccccc1C. The monoisotopic (exact) mass is 428 g/mol. The quantitative estimate of drug-likeness (QED) is 0.394. The number of allylic oxidation sites excluding steroid dienone is 1.